The van der Waals surface area contributed by atoms with Gasteiger partial charge in [-0.1, -0.05) is 38.4 Å². The normalized spacial score (nSPS) is 46.2. The van der Waals surface area contributed by atoms with Crippen LogP contribution in [0, 0.1) is 16.7 Å². The van der Waals surface area contributed by atoms with Crippen LogP contribution in [-0.4, -0.2) is 0 Å². The number of hydrogen-bond donors (Lipinski definition) is 0. The molecule has 11 heavy (non-hydrogen) atoms. The van der Waals surface area contributed by atoms with Gasteiger partial charge in [0.05, 0.1) is 0 Å². The van der Waals surface area contributed by atoms with Gasteiger partial charge in [0, 0.05) is 10.4 Å². The van der Waals surface area contributed by atoms with E-state index in [-0.39, 0.29) is 0 Å². The number of fused-ring (bicyclic) bond motifs is 2. The van der Waals surface area contributed by atoms with E-state index in [0.717, 1.165) is 11.0 Å². The molecule has 2 bridgehead atoms. The first-order valence-corrected chi connectivity index (χ1v) is 4.74. The van der Waals surface area contributed by atoms with Crippen molar-refractivity contribution in [2.45, 2.75) is 33.6 Å². The Kier molecular flexibility index (Phi) is 1.29. The SMILES string of the molecule is CC12CCC(C=C1Cl)C2(C)C. The molecule has 0 N–H and O–H groups in total. The fourth-order valence-corrected chi connectivity index (χ4v) is 3.11. The first-order valence-electron chi connectivity index (χ1n) is 4.36. The highest BCUT2D eigenvalue weighted by Gasteiger charge is 2.56. The van der Waals surface area contributed by atoms with Gasteiger partial charge < -0.3 is 0 Å². The van der Waals surface area contributed by atoms with Crippen LogP contribution in [0.25, 0.3) is 0 Å². The molecule has 0 aromatic carbocycles. The predicted molar refractivity (Wildman–Crippen MR) is 48.5 cm³/mol. The Morgan fingerprint density at radius 2 is 2.09 bits per heavy atom. The largest absolute Gasteiger partial charge is 0.0889 e. The average molecular weight is 171 g/mol. The Bertz CT molecular complexity index is 227. The number of hydrogen-bond acceptors (Lipinski definition) is 0. The Morgan fingerprint density at radius 1 is 1.45 bits per heavy atom. The molecule has 2 aliphatic rings. The van der Waals surface area contributed by atoms with Crippen molar-refractivity contribution in [3.05, 3.63) is 11.1 Å². The quantitative estimate of drug-likeness (QED) is 0.522. The third-order valence-corrected chi connectivity index (χ3v) is 4.72. The van der Waals surface area contributed by atoms with Crippen LogP contribution in [0.15, 0.2) is 11.1 Å². The molecule has 1 heteroatoms. The van der Waals surface area contributed by atoms with Gasteiger partial charge in [-0.2, -0.15) is 0 Å². The van der Waals surface area contributed by atoms with Gasteiger partial charge >= 0.3 is 0 Å². The summed E-state index contributed by atoms with van der Waals surface area (Å²) in [5, 5.41) is 1.11. The van der Waals surface area contributed by atoms with Crippen LogP contribution in [0.5, 0.6) is 0 Å². The van der Waals surface area contributed by atoms with Crippen LogP contribution in [0.4, 0.5) is 0 Å². The molecule has 2 unspecified atom stereocenters. The smallest absolute Gasteiger partial charge is 0.0208 e. The van der Waals surface area contributed by atoms with Crippen LogP contribution in [-0.2, 0) is 0 Å². The predicted octanol–water partition coefficient (Wildman–Crippen LogP) is 3.57. The monoisotopic (exact) mass is 170 g/mol. The van der Waals surface area contributed by atoms with Gasteiger partial charge in [0.1, 0.15) is 0 Å². The summed E-state index contributed by atoms with van der Waals surface area (Å²) in [5.41, 5.74) is 0.698. The molecule has 1 saturated carbocycles. The maximum absolute atomic E-state index is 6.20. The summed E-state index contributed by atoms with van der Waals surface area (Å²) < 4.78 is 0. The number of rotatable bonds is 0. The molecule has 0 nitrogen and oxygen atoms in total. The van der Waals surface area contributed by atoms with Crippen LogP contribution >= 0.6 is 11.6 Å². The van der Waals surface area contributed by atoms with E-state index in [1.807, 2.05) is 0 Å². The van der Waals surface area contributed by atoms with Gasteiger partial charge in [-0.05, 0) is 24.2 Å². The minimum absolute atomic E-state index is 0.291. The lowest BCUT2D eigenvalue weighted by Crippen LogP contribution is -2.28. The van der Waals surface area contributed by atoms with E-state index < -0.39 is 0 Å². The molecule has 0 heterocycles. The Morgan fingerprint density at radius 3 is 2.27 bits per heavy atom. The van der Waals surface area contributed by atoms with Crippen molar-refractivity contribution in [1.82, 2.24) is 0 Å². The van der Waals surface area contributed by atoms with Crippen molar-refractivity contribution in [3.63, 3.8) is 0 Å². The fourth-order valence-electron chi connectivity index (χ4n) is 2.62. The molecule has 2 rings (SSSR count). The fraction of sp³-hybridized carbons (Fsp3) is 0.800. The number of halogens is 1. The summed E-state index contributed by atoms with van der Waals surface area (Å²) in [6.45, 7) is 6.99. The molecule has 1 fully saturated rings. The lowest BCUT2D eigenvalue weighted by molar-refractivity contribution is 0.178. The molecule has 0 aromatic rings. The highest BCUT2D eigenvalue weighted by Crippen LogP contribution is 2.65. The lowest BCUT2D eigenvalue weighted by Gasteiger charge is -2.35. The molecule has 0 radical (unpaired) electrons. The van der Waals surface area contributed by atoms with Gasteiger partial charge in [-0.15, -0.1) is 0 Å². The molecule has 2 aliphatic carbocycles. The summed E-state index contributed by atoms with van der Waals surface area (Å²) in [7, 11) is 0. The molecule has 0 aromatic heterocycles. The lowest BCUT2D eigenvalue weighted by atomic mass is 9.70. The zero-order chi connectivity index (χ0) is 8.28. The summed E-state index contributed by atoms with van der Waals surface area (Å²) in [4.78, 5) is 0. The van der Waals surface area contributed by atoms with Crippen LogP contribution in [0.3, 0.4) is 0 Å². The Balaban J connectivity index is 2.49. The molecule has 0 amide bonds. The molecule has 62 valence electrons. The first-order chi connectivity index (χ1) is 4.98. The zero-order valence-electron chi connectivity index (χ0n) is 7.45. The molecule has 0 aliphatic heterocycles. The third kappa shape index (κ3) is 0.672. The van der Waals surface area contributed by atoms with Crippen molar-refractivity contribution >= 4 is 11.6 Å². The summed E-state index contributed by atoms with van der Waals surface area (Å²) in [6, 6.07) is 0. The molecule has 0 saturated heterocycles. The van der Waals surface area contributed by atoms with E-state index >= 15 is 0 Å². The second-order valence-electron chi connectivity index (χ2n) is 4.71. The third-order valence-electron chi connectivity index (χ3n) is 4.18. The van der Waals surface area contributed by atoms with E-state index in [1.54, 1.807) is 0 Å². The summed E-state index contributed by atoms with van der Waals surface area (Å²) >= 11 is 6.20. The maximum atomic E-state index is 6.20. The minimum Gasteiger partial charge on any atom is -0.0889 e. The number of allylic oxidation sites excluding steroid dienone is 2. The molecule has 0 spiro atoms. The van der Waals surface area contributed by atoms with Gasteiger partial charge in [0.15, 0.2) is 0 Å². The zero-order valence-corrected chi connectivity index (χ0v) is 8.20. The molecule has 2 atom stereocenters. The molecular formula is C10H15Cl. The van der Waals surface area contributed by atoms with E-state index in [4.69, 9.17) is 11.6 Å². The van der Waals surface area contributed by atoms with E-state index in [9.17, 15) is 0 Å². The molecular weight excluding hydrogens is 156 g/mol. The van der Waals surface area contributed by atoms with Crippen LogP contribution < -0.4 is 0 Å². The van der Waals surface area contributed by atoms with Crippen molar-refractivity contribution in [1.29, 1.82) is 0 Å². The average Bonchev–Trinajstić information content (AvgIpc) is 2.20. The van der Waals surface area contributed by atoms with Crippen molar-refractivity contribution in [3.8, 4) is 0 Å². The summed E-state index contributed by atoms with van der Waals surface area (Å²) in [5.74, 6) is 0.736. The summed E-state index contributed by atoms with van der Waals surface area (Å²) in [6.07, 6.45) is 4.88. The Hall–Kier alpha value is 0.0300. The van der Waals surface area contributed by atoms with Gasteiger partial charge in [0.25, 0.3) is 0 Å². The first kappa shape index (κ1) is 7.67. The van der Waals surface area contributed by atoms with E-state index in [2.05, 4.69) is 26.8 Å². The second-order valence-corrected chi connectivity index (χ2v) is 5.12. The van der Waals surface area contributed by atoms with Crippen LogP contribution in [0.2, 0.25) is 0 Å². The highest BCUT2D eigenvalue weighted by atomic mass is 35.5. The van der Waals surface area contributed by atoms with Crippen molar-refractivity contribution < 1.29 is 0 Å². The highest BCUT2D eigenvalue weighted by molar-refractivity contribution is 6.30. The van der Waals surface area contributed by atoms with Crippen molar-refractivity contribution in [2.24, 2.45) is 16.7 Å². The van der Waals surface area contributed by atoms with E-state index in [1.165, 1.54) is 12.8 Å². The minimum atomic E-state index is 0.291. The topological polar surface area (TPSA) is 0 Å². The van der Waals surface area contributed by atoms with Gasteiger partial charge in [-0.25, -0.2) is 0 Å². The van der Waals surface area contributed by atoms with E-state index in [0.29, 0.717) is 10.8 Å². The maximum Gasteiger partial charge on any atom is 0.0208 e. The van der Waals surface area contributed by atoms with Crippen molar-refractivity contribution in [2.75, 3.05) is 0 Å². The standard InChI is InChI=1S/C10H15Cl/c1-9(2)7-4-5-10(9,3)8(11)6-7/h6-7H,4-5H2,1-3H3. The van der Waals surface area contributed by atoms with Gasteiger partial charge in [-0.3, -0.25) is 0 Å². The Labute approximate surface area is 73.6 Å². The van der Waals surface area contributed by atoms with Gasteiger partial charge in [0.2, 0.25) is 0 Å². The second kappa shape index (κ2) is 1.85. The van der Waals surface area contributed by atoms with Crippen LogP contribution in [0.1, 0.15) is 33.6 Å².